The first-order valence-corrected chi connectivity index (χ1v) is 6.51. The molecule has 0 aliphatic rings. The zero-order valence-corrected chi connectivity index (χ0v) is 9.55. The molecule has 0 aliphatic heterocycles. The molecule has 0 aromatic rings. The fourth-order valence-electron chi connectivity index (χ4n) is 0.902. The van der Waals surface area contributed by atoms with Crippen LogP contribution in [-0.2, 0) is 15.7 Å². The second-order valence-electron chi connectivity index (χ2n) is 3.21. The number of urea groups is 1. The van der Waals surface area contributed by atoms with Gasteiger partial charge in [-0.25, -0.2) is 4.79 Å². The fraction of sp³-hybridized carbons (Fsp3) is 0.750. The van der Waals surface area contributed by atoms with Gasteiger partial charge in [-0.1, -0.05) is 0 Å². The molecule has 0 fully saturated rings. The number of rotatable bonds is 7. The number of carbonyl (C=O) groups is 2. The Morgan fingerprint density at radius 1 is 1.47 bits per heavy atom. The molecule has 0 saturated carbocycles. The summed E-state index contributed by atoms with van der Waals surface area (Å²) in [4.78, 5) is 20.8. The van der Waals surface area contributed by atoms with E-state index < -0.39 is 18.0 Å². The number of primary amides is 1. The average Bonchev–Trinajstić information content (AvgIpc) is 2.13. The summed E-state index contributed by atoms with van der Waals surface area (Å²) in [6, 6.07) is -1.32. The summed E-state index contributed by atoms with van der Waals surface area (Å²) in [6.07, 6.45) is 2.47. The molecule has 0 aliphatic carbocycles. The van der Waals surface area contributed by atoms with E-state index in [1.807, 2.05) is 6.26 Å². The minimum Gasteiger partial charge on any atom is -0.480 e. The molecule has 0 heterocycles. The highest BCUT2D eigenvalue weighted by Crippen LogP contribution is 1.97. The van der Waals surface area contributed by atoms with Gasteiger partial charge in [-0.15, -0.1) is 0 Å². The highest BCUT2D eigenvalue weighted by atomic mass is 32.2. The van der Waals surface area contributed by atoms with E-state index in [4.69, 9.17) is 16.6 Å². The lowest BCUT2D eigenvalue weighted by Gasteiger charge is -2.06. The van der Waals surface area contributed by atoms with Crippen molar-refractivity contribution in [1.29, 1.82) is 0 Å². The molecule has 0 aromatic heterocycles. The maximum atomic E-state index is 10.4. The number of amides is 2. The number of nitrogens with one attached hydrogen (secondary N) is 1. The van der Waals surface area contributed by atoms with Gasteiger partial charge in [-0.3, -0.25) is 4.79 Å². The molecular formula is C8H18N3O3S+. The van der Waals surface area contributed by atoms with E-state index in [0.717, 1.165) is 11.5 Å². The standard InChI is InChI=1S/C8H17N3O3S/c1-15(5-3-11-8(10)14)4-2-6(9)7(12)13/h6H,2-5,9H2,1H3,(H3-,10,11,12,13,14)/p+1. The predicted octanol–water partition coefficient (Wildman–Crippen LogP) is -1.30. The quantitative estimate of drug-likeness (QED) is 0.411. The molecule has 0 rings (SSSR count). The lowest BCUT2D eigenvalue weighted by Crippen LogP contribution is -2.35. The van der Waals surface area contributed by atoms with Crippen LogP contribution >= 0.6 is 0 Å². The first-order valence-electron chi connectivity index (χ1n) is 4.54. The van der Waals surface area contributed by atoms with Crippen LogP contribution in [0.25, 0.3) is 0 Å². The van der Waals surface area contributed by atoms with Crippen LogP contribution in [0, 0.1) is 0 Å². The van der Waals surface area contributed by atoms with E-state index in [1.165, 1.54) is 0 Å². The van der Waals surface area contributed by atoms with E-state index >= 15 is 0 Å². The Bertz CT molecular complexity index is 225. The molecule has 2 amide bonds. The van der Waals surface area contributed by atoms with Crippen LogP contribution in [0.4, 0.5) is 4.79 Å². The van der Waals surface area contributed by atoms with Crippen molar-refractivity contribution in [2.24, 2.45) is 11.5 Å². The van der Waals surface area contributed by atoms with Crippen LogP contribution in [0.15, 0.2) is 0 Å². The summed E-state index contributed by atoms with van der Waals surface area (Å²) in [7, 11) is 0.0628. The molecule has 15 heavy (non-hydrogen) atoms. The van der Waals surface area contributed by atoms with Gasteiger partial charge in [0.25, 0.3) is 0 Å². The third-order valence-electron chi connectivity index (χ3n) is 1.84. The van der Waals surface area contributed by atoms with E-state index in [0.29, 0.717) is 13.0 Å². The summed E-state index contributed by atoms with van der Waals surface area (Å²) in [6.45, 7) is 0.525. The maximum absolute atomic E-state index is 10.4. The summed E-state index contributed by atoms with van der Waals surface area (Å²) in [5, 5.41) is 11.0. The van der Waals surface area contributed by atoms with Crippen molar-refractivity contribution in [3.63, 3.8) is 0 Å². The van der Waals surface area contributed by atoms with Gasteiger partial charge < -0.3 is 21.9 Å². The highest BCUT2D eigenvalue weighted by Gasteiger charge is 2.17. The first kappa shape index (κ1) is 14.1. The van der Waals surface area contributed by atoms with Crippen molar-refractivity contribution < 1.29 is 14.7 Å². The lowest BCUT2D eigenvalue weighted by molar-refractivity contribution is -0.138. The van der Waals surface area contributed by atoms with E-state index in [9.17, 15) is 9.59 Å². The number of carboxylic acid groups (broad SMARTS) is 1. The van der Waals surface area contributed by atoms with Crippen molar-refractivity contribution in [3.05, 3.63) is 0 Å². The molecule has 7 heteroatoms. The number of carboxylic acids is 1. The maximum Gasteiger partial charge on any atom is 0.320 e. The van der Waals surface area contributed by atoms with Crippen LogP contribution in [0.2, 0.25) is 0 Å². The molecule has 0 radical (unpaired) electrons. The molecule has 0 spiro atoms. The smallest absolute Gasteiger partial charge is 0.320 e. The van der Waals surface area contributed by atoms with Gasteiger partial charge in [-0.2, -0.15) is 0 Å². The SMILES string of the molecule is C[S+](CCNC(N)=O)CCC(N)C(=O)O. The second-order valence-corrected chi connectivity index (χ2v) is 5.59. The molecule has 6 N–H and O–H groups in total. The number of nitrogens with two attached hydrogens (primary N) is 2. The molecule has 88 valence electrons. The molecule has 0 bridgehead atoms. The molecule has 2 atom stereocenters. The Hall–Kier alpha value is -0.950. The van der Waals surface area contributed by atoms with Crippen LogP contribution in [0.5, 0.6) is 0 Å². The van der Waals surface area contributed by atoms with Gasteiger partial charge in [0.1, 0.15) is 17.5 Å². The molecule has 0 aromatic carbocycles. The van der Waals surface area contributed by atoms with Crippen molar-refractivity contribution in [1.82, 2.24) is 5.32 Å². The summed E-state index contributed by atoms with van der Waals surface area (Å²) in [5.41, 5.74) is 10.3. The van der Waals surface area contributed by atoms with E-state index in [1.54, 1.807) is 0 Å². The van der Waals surface area contributed by atoms with Crippen LogP contribution in [-0.4, -0.2) is 47.5 Å². The van der Waals surface area contributed by atoms with Gasteiger partial charge in [-0.05, 0) is 10.9 Å². The number of aliphatic carboxylic acids is 1. The van der Waals surface area contributed by atoms with Crippen molar-refractivity contribution in [3.8, 4) is 0 Å². The monoisotopic (exact) mass is 236 g/mol. The van der Waals surface area contributed by atoms with E-state index in [2.05, 4.69) is 5.32 Å². The van der Waals surface area contributed by atoms with Crippen molar-refractivity contribution in [2.75, 3.05) is 24.3 Å². The Labute approximate surface area is 91.7 Å². The van der Waals surface area contributed by atoms with Gasteiger partial charge in [0.15, 0.2) is 0 Å². The largest absolute Gasteiger partial charge is 0.480 e. The number of hydrogen-bond acceptors (Lipinski definition) is 3. The topological polar surface area (TPSA) is 118 Å². The van der Waals surface area contributed by atoms with Gasteiger partial charge in [0.2, 0.25) is 0 Å². The van der Waals surface area contributed by atoms with Crippen LogP contribution in [0.3, 0.4) is 0 Å². The van der Waals surface area contributed by atoms with Crippen molar-refractivity contribution in [2.45, 2.75) is 12.5 Å². The second kappa shape index (κ2) is 7.36. The van der Waals surface area contributed by atoms with Gasteiger partial charge in [0, 0.05) is 6.42 Å². The summed E-state index contributed by atoms with van der Waals surface area (Å²) >= 11 is 0. The minimum atomic E-state index is -0.970. The number of hydrogen-bond donors (Lipinski definition) is 4. The zero-order valence-electron chi connectivity index (χ0n) is 8.73. The Morgan fingerprint density at radius 2 is 2.07 bits per heavy atom. The molecule has 2 unspecified atom stereocenters. The zero-order chi connectivity index (χ0) is 11.8. The van der Waals surface area contributed by atoms with Gasteiger partial charge in [0.05, 0.1) is 12.8 Å². The average molecular weight is 236 g/mol. The fourth-order valence-corrected chi connectivity index (χ4v) is 2.21. The third kappa shape index (κ3) is 8.07. The Morgan fingerprint density at radius 3 is 2.53 bits per heavy atom. The molecule has 6 nitrogen and oxygen atoms in total. The normalized spacial score (nSPS) is 14.3. The highest BCUT2D eigenvalue weighted by molar-refractivity contribution is 7.96. The predicted molar refractivity (Wildman–Crippen MR) is 60.8 cm³/mol. The molecular weight excluding hydrogens is 218 g/mol. The van der Waals surface area contributed by atoms with Crippen molar-refractivity contribution >= 4 is 22.9 Å². The summed E-state index contributed by atoms with van der Waals surface area (Å²) < 4.78 is 0. The lowest BCUT2D eigenvalue weighted by atomic mass is 10.2. The third-order valence-corrected chi connectivity index (χ3v) is 3.68. The Kier molecular flexibility index (Phi) is 6.89. The number of carbonyl (C=O) groups excluding carboxylic acids is 1. The first-order chi connectivity index (χ1) is 6.93. The van der Waals surface area contributed by atoms with E-state index in [-0.39, 0.29) is 10.9 Å². The van der Waals surface area contributed by atoms with Crippen LogP contribution < -0.4 is 16.8 Å². The molecule has 0 saturated heterocycles. The summed E-state index contributed by atoms with van der Waals surface area (Å²) in [5.74, 6) is 0.589. The minimum absolute atomic E-state index is 0.0628. The van der Waals surface area contributed by atoms with Crippen LogP contribution in [0.1, 0.15) is 6.42 Å². The van der Waals surface area contributed by atoms with Gasteiger partial charge >= 0.3 is 12.0 Å². The Balaban J connectivity index is 3.52.